The van der Waals surface area contributed by atoms with E-state index in [1.54, 1.807) is 18.4 Å². The van der Waals surface area contributed by atoms with E-state index in [2.05, 4.69) is 0 Å². The molecular weight excluding hydrogens is 236 g/mol. The molecule has 1 aliphatic rings. The van der Waals surface area contributed by atoms with E-state index in [1.165, 1.54) is 12.8 Å². The first-order chi connectivity index (χ1) is 8.29. The van der Waals surface area contributed by atoms with Gasteiger partial charge in [0.25, 0.3) is 0 Å². The number of thiophene rings is 1. The molecule has 2 rings (SSSR count). The third-order valence-corrected chi connectivity index (χ3v) is 4.20. The van der Waals surface area contributed by atoms with E-state index in [1.807, 2.05) is 11.4 Å². The Bertz CT molecular complexity index is 331. The van der Waals surface area contributed by atoms with E-state index < -0.39 is 0 Å². The Balaban J connectivity index is 1.70. The standard InChI is InChI=1S/C13H20O3S/c1-15-11-8-13(17-9-11)12(14)6-2-4-10-5-3-7-16-10/h8-10,12,14H,2-7H2,1H3. The molecule has 0 aromatic carbocycles. The first kappa shape index (κ1) is 12.9. The minimum atomic E-state index is -0.356. The summed E-state index contributed by atoms with van der Waals surface area (Å²) in [5, 5.41) is 11.9. The quantitative estimate of drug-likeness (QED) is 0.849. The smallest absolute Gasteiger partial charge is 0.129 e. The van der Waals surface area contributed by atoms with Crippen LogP contribution in [0, 0.1) is 0 Å². The second-order valence-corrected chi connectivity index (χ2v) is 5.41. The summed E-state index contributed by atoms with van der Waals surface area (Å²) in [4.78, 5) is 0.995. The van der Waals surface area contributed by atoms with Crippen LogP contribution in [-0.2, 0) is 4.74 Å². The molecule has 1 fully saturated rings. The summed E-state index contributed by atoms with van der Waals surface area (Å²) in [6, 6.07) is 1.92. The van der Waals surface area contributed by atoms with Gasteiger partial charge in [-0.05, 0) is 38.2 Å². The fourth-order valence-electron chi connectivity index (χ4n) is 2.17. The Hall–Kier alpha value is -0.580. The lowest BCUT2D eigenvalue weighted by molar-refractivity contribution is 0.0948. The van der Waals surface area contributed by atoms with Crippen LogP contribution in [0.3, 0.4) is 0 Å². The van der Waals surface area contributed by atoms with E-state index in [-0.39, 0.29) is 6.10 Å². The van der Waals surface area contributed by atoms with E-state index in [0.29, 0.717) is 6.10 Å². The zero-order chi connectivity index (χ0) is 12.1. The van der Waals surface area contributed by atoms with Crippen LogP contribution in [0.2, 0.25) is 0 Å². The Morgan fingerprint density at radius 2 is 2.53 bits per heavy atom. The summed E-state index contributed by atoms with van der Waals surface area (Å²) in [7, 11) is 1.65. The molecular formula is C13H20O3S. The molecule has 3 nitrogen and oxygen atoms in total. The van der Waals surface area contributed by atoms with Gasteiger partial charge in [-0.2, -0.15) is 0 Å². The van der Waals surface area contributed by atoms with Gasteiger partial charge in [0.05, 0.1) is 19.3 Å². The van der Waals surface area contributed by atoms with Gasteiger partial charge in [-0.15, -0.1) is 11.3 Å². The molecule has 1 aromatic heterocycles. The van der Waals surface area contributed by atoms with Crippen LogP contribution in [0.1, 0.15) is 43.1 Å². The van der Waals surface area contributed by atoms with E-state index in [0.717, 1.165) is 36.5 Å². The molecule has 2 heterocycles. The summed E-state index contributed by atoms with van der Waals surface area (Å²) in [5.41, 5.74) is 0. The summed E-state index contributed by atoms with van der Waals surface area (Å²) < 4.78 is 10.7. The molecule has 1 saturated heterocycles. The molecule has 0 spiro atoms. The van der Waals surface area contributed by atoms with Crippen LogP contribution in [0.25, 0.3) is 0 Å². The summed E-state index contributed by atoms with van der Waals surface area (Å²) >= 11 is 1.56. The normalized spacial score (nSPS) is 21.6. The highest BCUT2D eigenvalue weighted by Gasteiger charge is 2.16. The molecule has 0 radical (unpaired) electrons. The van der Waals surface area contributed by atoms with Crippen LogP contribution >= 0.6 is 11.3 Å². The predicted molar refractivity (Wildman–Crippen MR) is 68.7 cm³/mol. The maximum Gasteiger partial charge on any atom is 0.129 e. The first-order valence-corrected chi connectivity index (χ1v) is 7.09. The second-order valence-electron chi connectivity index (χ2n) is 4.47. The van der Waals surface area contributed by atoms with Gasteiger partial charge in [-0.25, -0.2) is 0 Å². The average Bonchev–Trinajstić information content (AvgIpc) is 2.99. The van der Waals surface area contributed by atoms with Crippen molar-refractivity contribution in [2.24, 2.45) is 0 Å². The SMILES string of the molecule is COc1csc(C(O)CCCC2CCCO2)c1. The van der Waals surface area contributed by atoms with Crippen molar-refractivity contribution in [3.8, 4) is 5.75 Å². The minimum absolute atomic E-state index is 0.356. The van der Waals surface area contributed by atoms with Gasteiger partial charge in [0, 0.05) is 16.9 Å². The summed E-state index contributed by atoms with van der Waals surface area (Å²) in [5.74, 6) is 0.836. The number of aliphatic hydroxyl groups is 1. The van der Waals surface area contributed by atoms with Crippen molar-refractivity contribution >= 4 is 11.3 Å². The van der Waals surface area contributed by atoms with Crippen molar-refractivity contribution < 1.29 is 14.6 Å². The van der Waals surface area contributed by atoms with Gasteiger partial charge in [0.2, 0.25) is 0 Å². The van der Waals surface area contributed by atoms with E-state index in [9.17, 15) is 5.11 Å². The summed E-state index contributed by atoms with van der Waals surface area (Å²) in [6.45, 7) is 0.912. The lowest BCUT2D eigenvalue weighted by atomic mass is 10.1. The summed E-state index contributed by atoms with van der Waals surface area (Å²) in [6.07, 6.45) is 5.35. The largest absolute Gasteiger partial charge is 0.496 e. The van der Waals surface area contributed by atoms with Gasteiger partial charge in [-0.3, -0.25) is 0 Å². The fraction of sp³-hybridized carbons (Fsp3) is 0.692. The van der Waals surface area contributed by atoms with Gasteiger partial charge >= 0.3 is 0 Å². The van der Waals surface area contributed by atoms with E-state index in [4.69, 9.17) is 9.47 Å². The third kappa shape index (κ3) is 3.69. The molecule has 2 unspecified atom stereocenters. The van der Waals surface area contributed by atoms with Crippen molar-refractivity contribution in [3.05, 3.63) is 16.3 Å². The lowest BCUT2D eigenvalue weighted by Gasteiger charge is -2.11. The van der Waals surface area contributed by atoms with Crippen molar-refractivity contribution in [2.75, 3.05) is 13.7 Å². The number of rotatable bonds is 6. The molecule has 4 heteroatoms. The maximum absolute atomic E-state index is 10.0. The third-order valence-electron chi connectivity index (χ3n) is 3.19. The predicted octanol–water partition coefficient (Wildman–Crippen LogP) is 3.14. The van der Waals surface area contributed by atoms with Crippen LogP contribution < -0.4 is 4.74 Å². The lowest BCUT2D eigenvalue weighted by Crippen LogP contribution is -2.05. The van der Waals surface area contributed by atoms with Crippen molar-refractivity contribution in [1.29, 1.82) is 0 Å². The monoisotopic (exact) mass is 256 g/mol. The average molecular weight is 256 g/mol. The van der Waals surface area contributed by atoms with Crippen LogP contribution in [0.4, 0.5) is 0 Å². The number of hydrogen-bond acceptors (Lipinski definition) is 4. The molecule has 0 bridgehead atoms. The van der Waals surface area contributed by atoms with Crippen molar-refractivity contribution in [2.45, 2.75) is 44.3 Å². The van der Waals surface area contributed by atoms with Crippen LogP contribution in [-0.4, -0.2) is 24.9 Å². The molecule has 1 aliphatic heterocycles. The molecule has 0 amide bonds. The van der Waals surface area contributed by atoms with Gasteiger partial charge in [-0.1, -0.05) is 0 Å². The Morgan fingerprint density at radius 1 is 1.65 bits per heavy atom. The number of methoxy groups -OCH3 is 1. The molecule has 2 atom stereocenters. The molecule has 17 heavy (non-hydrogen) atoms. The van der Waals surface area contributed by atoms with Crippen LogP contribution in [0.5, 0.6) is 5.75 Å². The molecule has 96 valence electrons. The Kier molecular flexibility index (Phi) is 4.83. The maximum atomic E-state index is 10.0. The highest BCUT2D eigenvalue weighted by Crippen LogP contribution is 2.30. The molecule has 0 aliphatic carbocycles. The fourth-order valence-corrected chi connectivity index (χ4v) is 3.04. The number of hydrogen-bond donors (Lipinski definition) is 1. The Labute approximate surface area is 106 Å². The molecule has 0 saturated carbocycles. The van der Waals surface area contributed by atoms with Crippen LogP contribution in [0.15, 0.2) is 11.4 Å². The highest BCUT2D eigenvalue weighted by molar-refractivity contribution is 7.10. The van der Waals surface area contributed by atoms with E-state index >= 15 is 0 Å². The number of aliphatic hydroxyl groups excluding tert-OH is 1. The minimum Gasteiger partial charge on any atom is -0.496 e. The van der Waals surface area contributed by atoms with Gasteiger partial charge in [0.1, 0.15) is 5.75 Å². The zero-order valence-corrected chi connectivity index (χ0v) is 11.0. The van der Waals surface area contributed by atoms with Crippen molar-refractivity contribution in [1.82, 2.24) is 0 Å². The molecule has 1 N–H and O–H groups in total. The topological polar surface area (TPSA) is 38.7 Å². The first-order valence-electron chi connectivity index (χ1n) is 6.21. The van der Waals surface area contributed by atoms with Gasteiger partial charge in [0.15, 0.2) is 0 Å². The molecule has 1 aromatic rings. The Morgan fingerprint density at radius 3 is 3.18 bits per heavy atom. The van der Waals surface area contributed by atoms with Crippen molar-refractivity contribution in [3.63, 3.8) is 0 Å². The zero-order valence-electron chi connectivity index (χ0n) is 10.2. The second kappa shape index (κ2) is 6.38. The van der Waals surface area contributed by atoms with Gasteiger partial charge < -0.3 is 14.6 Å². The number of ether oxygens (including phenoxy) is 2. The highest BCUT2D eigenvalue weighted by atomic mass is 32.1.